The van der Waals surface area contributed by atoms with Gasteiger partial charge in [0.05, 0.1) is 5.69 Å². The topological polar surface area (TPSA) is 16.4 Å². The van der Waals surface area contributed by atoms with Gasteiger partial charge in [-0.2, -0.15) is 0 Å². The number of para-hydroxylation sites is 1. The molecule has 1 aromatic heterocycles. The second-order valence-corrected chi connectivity index (χ2v) is 14.1. The number of benzene rings is 10. The number of nitrogens with zero attached hydrogens (tertiary/aromatic N) is 1. The van der Waals surface area contributed by atoms with Gasteiger partial charge in [0.15, 0.2) is 0 Å². The molecule has 0 spiro atoms. The number of anilines is 3. The fourth-order valence-electron chi connectivity index (χ4n) is 8.44. The van der Waals surface area contributed by atoms with E-state index in [4.69, 9.17) is 4.42 Å². The molecule has 2 heteroatoms. The Labute approximate surface area is 312 Å². The Bertz CT molecular complexity index is 3190. The van der Waals surface area contributed by atoms with Crippen molar-refractivity contribution in [2.45, 2.75) is 0 Å². The largest absolute Gasteiger partial charge is 0.456 e. The first-order valence-electron chi connectivity index (χ1n) is 18.5. The van der Waals surface area contributed by atoms with Gasteiger partial charge in [-0.05, 0) is 115 Å². The summed E-state index contributed by atoms with van der Waals surface area (Å²) >= 11 is 0. The summed E-state index contributed by atoms with van der Waals surface area (Å²) in [5, 5.41) is 12.2. The lowest BCUT2D eigenvalue weighted by atomic mass is 9.90. The van der Waals surface area contributed by atoms with Crippen LogP contribution in [0.3, 0.4) is 0 Å². The molecule has 0 aliphatic rings. The van der Waals surface area contributed by atoms with Crippen LogP contribution in [0.25, 0.3) is 87.3 Å². The molecule has 0 fully saturated rings. The van der Waals surface area contributed by atoms with E-state index in [1.54, 1.807) is 0 Å². The lowest BCUT2D eigenvalue weighted by Gasteiger charge is -2.27. The molecule has 0 atom stereocenters. The molecule has 54 heavy (non-hydrogen) atoms. The minimum absolute atomic E-state index is 0.902. The Kier molecular flexibility index (Phi) is 6.90. The normalized spacial score (nSPS) is 11.7. The van der Waals surface area contributed by atoms with E-state index >= 15 is 0 Å². The maximum absolute atomic E-state index is 6.31. The first-order chi connectivity index (χ1) is 26.8. The third-order valence-electron chi connectivity index (χ3n) is 11.0. The van der Waals surface area contributed by atoms with Gasteiger partial charge in [0.25, 0.3) is 0 Å². The van der Waals surface area contributed by atoms with Crippen molar-refractivity contribution in [3.05, 3.63) is 200 Å². The molecule has 0 amide bonds. The summed E-state index contributed by atoms with van der Waals surface area (Å²) in [6.07, 6.45) is 0. The van der Waals surface area contributed by atoms with Gasteiger partial charge in [-0.15, -0.1) is 0 Å². The lowest BCUT2D eigenvalue weighted by Crippen LogP contribution is -2.10. The van der Waals surface area contributed by atoms with Gasteiger partial charge in [-0.25, -0.2) is 0 Å². The van der Waals surface area contributed by atoms with Gasteiger partial charge in [0, 0.05) is 27.5 Å². The maximum Gasteiger partial charge on any atom is 0.136 e. The van der Waals surface area contributed by atoms with Gasteiger partial charge in [0.1, 0.15) is 11.2 Å². The van der Waals surface area contributed by atoms with Crippen LogP contribution in [0, 0.1) is 0 Å². The molecule has 0 N–H and O–H groups in total. The molecule has 0 bridgehead atoms. The van der Waals surface area contributed by atoms with Crippen molar-refractivity contribution in [1.29, 1.82) is 0 Å². The zero-order valence-electron chi connectivity index (χ0n) is 29.4. The summed E-state index contributed by atoms with van der Waals surface area (Å²) in [5.41, 5.74) is 9.92. The van der Waals surface area contributed by atoms with Crippen molar-refractivity contribution in [1.82, 2.24) is 0 Å². The van der Waals surface area contributed by atoms with Gasteiger partial charge in [-0.1, -0.05) is 146 Å². The Morgan fingerprint density at radius 1 is 0.315 bits per heavy atom. The predicted molar refractivity (Wildman–Crippen MR) is 229 cm³/mol. The van der Waals surface area contributed by atoms with Gasteiger partial charge >= 0.3 is 0 Å². The average Bonchev–Trinajstić information content (AvgIpc) is 3.61. The Morgan fingerprint density at radius 2 is 0.926 bits per heavy atom. The third kappa shape index (κ3) is 4.88. The molecular weight excluding hydrogens is 655 g/mol. The van der Waals surface area contributed by atoms with Crippen LogP contribution < -0.4 is 4.90 Å². The summed E-state index contributed by atoms with van der Waals surface area (Å²) in [6.45, 7) is 0. The van der Waals surface area contributed by atoms with Crippen LogP contribution in [0.4, 0.5) is 17.1 Å². The van der Waals surface area contributed by atoms with Crippen molar-refractivity contribution in [2.75, 3.05) is 4.90 Å². The molecule has 11 aromatic rings. The molecule has 1 heterocycles. The maximum atomic E-state index is 6.31. The van der Waals surface area contributed by atoms with Crippen molar-refractivity contribution >= 4 is 82.1 Å². The van der Waals surface area contributed by atoms with Gasteiger partial charge in [-0.3, -0.25) is 0 Å². The first kappa shape index (κ1) is 30.5. The molecule has 0 saturated carbocycles. The van der Waals surface area contributed by atoms with Crippen LogP contribution >= 0.6 is 0 Å². The van der Waals surface area contributed by atoms with Crippen LogP contribution in [-0.4, -0.2) is 0 Å². The minimum atomic E-state index is 0.902. The molecule has 0 saturated heterocycles. The molecule has 10 aromatic carbocycles. The Hall–Kier alpha value is -7.16. The molecule has 0 aliphatic heterocycles. The number of hydrogen-bond donors (Lipinski definition) is 0. The number of furan rings is 1. The fourth-order valence-corrected chi connectivity index (χ4v) is 8.44. The third-order valence-corrected chi connectivity index (χ3v) is 11.0. The zero-order chi connectivity index (χ0) is 35.6. The van der Waals surface area contributed by atoms with E-state index in [-0.39, 0.29) is 0 Å². The minimum Gasteiger partial charge on any atom is -0.456 e. The molecule has 11 rings (SSSR count). The van der Waals surface area contributed by atoms with E-state index in [9.17, 15) is 0 Å². The van der Waals surface area contributed by atoms with Crippen LogP contribution in [0.15, 0.2) is 205 Å². The Balaban J connectivity index is 1.09. The SMILES string of the molecule is c1ccc(-c2ccc(N(c3ccc(-c4cc5ccc6ccccc6c5c5ccccc45)cc3)c3cccc4cc5oc6ccccc6c5cc34)cc2)cc1. The van der Waals surface area contributed by atoms with E-state index in [0.29, 0.717) is 0 Å². The molecule has 2 nitrogen and oxygen atoms in total. The average molecular weight is 688 g/mol. The first-order valence-corrected chi connectivity index (χ1v) is 18.5. The van der Waals surface area contributed by atoms with Crippen LogP contribution in [-0.2, 0) is 0 Å². The summed E-state index contributed by atoms with van der Waals surface area (Å²) in [4.78, 5) is 2.39. The van der Waals surface area contributed by atoms with Crippen molar-refractivity contribution in [2.24, 2.45) is 0 Å². The van der Waals surface area contributed by atoms with Crippen LogP contribution in [0.2, 0.25) is 0 Å². The van der Waals surface area contributed by atoms with Crippen molar-refractivity contribution < 1.29 is 4.42 Å². The highest BCUT2D eigenvalue weighted by Gasteiger charge is 2.19. The number of fused-ring (bicyclic) bond motifs is 9. The lowest BCUT2D eigenvalue weighted by molar-refractivity contribution is 0.669. The van der Waals surface area contributed by atoms with Crippen molar-refractivity contribution in [3.8, 4) is 22.3 Å². The number of rotatable bonds is 5. The van der Waals surface area contributed by atoms with E-state index in [2.05, 4.69) is 193 Å². The summed E-state index contributed by atoms with van der Waals surface area (Å²) in [7, 11) is 0. The zero-order valence-corrected chi connectivity index (χ0v) is 29.4. The van der Waals surface area contributed by atoms with E-state index in [1.807, 2.05) is 12.1 Å². The highest BCUT2D eigenvalue weighted by atomic mass is 16.3. The van der Waals surface area contributed by atoms with E-state index in [0.717, 1.165) is 44.4 Å². The molecular formula is C52H33NO. The smallest absolute Gasteiger partial charge is 0.136 e. The number of hydrogen-bond acceptors (Lipinski definition) is 2. The predicted octanol–water partition coefficient (Wildman–Crippen LogP) is 15.0. The molecule has 0 aliphatic carbocycles. The quantitative estimate of drug-likeness (QED) is 0.168. The van der Waals surface area contributed by atoms with E-state index in [1.165, 1.54) is 60.0 Å². The van der Waals surface area contributed by atoms with E-state index < -0.39 is 0 Å². The van der Waals surface area contributed by atoms with Crippen LogP contribution in [0.1, 0.15) is 0 Å². The monoisotopic (exact) mass is 687 g/mol. The molecule has 0 unspecified atom stereocenters. The summed E-state index contributed by atoms with van der Waals surface area (Å²) in [6, 6.07) is 72.4. The molecule has 252 valence electrons. The Morgan fingerprint density at radius 3 is 1.72 bits per heavy atom. The summed E-state index contributed by atoms with van der Waals surface area (Å²) in [5.74, 6) is 0. The molecule has 0 radical (unpaired) electrons. The second-order valence-electron chi connectivity index (χ2n) is 14.1. The van der Waals surface area contributed by atoms with Gasteiger partial charge in [0.2, 0.25) is 0 Å². The highest BCUT2D eigenvalue weighted by Crippen LogP contribution is 2.44. The fraction of sp³-hybridized carbons (Fsp3) is 0. The van der Waals surface area contributed by atoms with Crippen LogP contribution in [0.5, 0.6) is 0 Å². The highest BCUT2D eigenvalue weighted by molar-refractivity contribution is 6.23. The standard InChI is InChI=1S/C52H33NO/c1-2-11-34(12-3-1)35-23-27-40(28-24-35)53(49-19-10-14-38-32-51-48(33-47(38)49)44-17-8-9-20-50(44)54-51)41-29-25-37(26-30-41)46-31-39-22-21-36-13-4-5-15-42(36)52(39)45-18-7-6-16-43(45)46/h1-33H. The summed E-state index contributed by atoms with van der Waals surface area (Å²) < 4.78 is 6.31. The van der Waals surface area contributed by atoms with Gasteiger partial charge < -0.3 is 9.32 Å². The second kappa shape index (κ2) is 12.2. The van der Waals surface area contributed by atoms with Crippen molar-refractivity contribution in [3.63, 3.8) is 0 Å².